The normalized spacial score (nSPS) is 10.7. The highest BCUT2D eigenvalue weighted by Gasteiger charge is 2.04. The summed E-state index contributed by atoms with van der Waals surface area (Å²) in [5.41, 5.74) is 0.783. The summed E-state index contributed by atoms with van der Waals surface area (Å²) < 4.78 is 6.29. The highest BCUT2D eigenvalue weighted by Crippen LogP contribution is 2.20. The van der Waals surface area contributed by atoms with Crippen molar-refractivity contribution in [3.05, 3.63) is 28.7 Å². The van der Waals surface area contributed by atoms with Crippen LogP contribution in [0.1, 0.15) is 13.8 Å². The molecule has 1 rings (SSSR count). The van der Waals surface area contributed by atoms with Crippen LogP contribution in [0.25, 0.3) is 0 Å². The molecule has 0 heterocycles. The van der Waals surface area contributed by atoms with E-state index in [0.29, 0.717) is 19.1 Å². The number of ether oxygens (including phenoxy) is 1. The summed E-state index contributed by atoms with van der Waals surface area (Å²) in [5.74, 6) is 0.481. The number of halogens is 1. The van der Waals surface area contributed by atoms with Crippen LogP contribution in [0.4, 0.5) is 5.69 Å². The number of carbonyl (C=O) groups is 1. The molecule has 0 aliphatic rings. The van der Waals surface area contributed by atoms with Crippen molar-refractivity contribution in [3.8, 4) is 0 Å². The van der Waals surface area contributed by atoms with Gasteiger partial charge in [-0.25, -0.2) is 0 Å². The molecule has 0 saturated carbocycles. The molecule has 0 atom stereocenters. The minimum atomic E-state index is -0.0595. The predicted octanol–water partition coefficient (Wildman–Crippen LogP) is 2.65. The number of nitrogens with one attached hydrogen (secondary N) is 2. The molecule has 2 N–H and O–H groups in total. The second-order valence-electron chi connectivity index (χ2n) is 4.67. The van der Waals surface area contributed by atoms with E-state index in [9.17, 15) is 4.79 Å². The molecule has 0 bridgehead atoms. The first-order valence-corrected chi connectivity index (χ1v) is 7.21. The van der Waals surface area contributed by atoms with Gasteiger partial charge < -0.3 is 15.4 Å². The molecule has 0 aromatic heterocycles. The Morgan fingerprint density at radius 2 is 2.11 bits per heavy atom. The molecular weight excluding hydrogens is 308 g/mol. The third kappa shape index (κ3) is 7.30. The third-order valence-electron chi connectivity index (χ3n) is 2.31. The van der Waals surface area contributed by atoms with Gasteiger partial charge in [-0.15, -0.1) is 0 Å². The smallest absolute Gasteiger partial charge is 0.238 e. The summed E-state index contributed by atoms with van der Waals surface area (Å²) in [6.45, 7) is 6.56. The van der Waals surface area contributed by atoms with Gasteiger partial charge in [-0.2, -0.15) is 0 Å². The standard InChI is InChI=1S/C14H21BrN2O2/c1-11(2)10-19-8-7-16-9-14(18)17-13-6-4-3-5-12(13)15/h3-6,11,16H,7-10H2,1-2H3,(H,17,18). The molecule has 0 radical (unpaired) electrons. The van der Waals surface area contributed by atoms with E-state index in [1.54, 1.807) is 0 Å². The Morgan fingerprint density at radius 3 is 2.79 bits per heavy atom. The molecule has 0 spiro atoms. The van der Waals surface area contributed by atoms with E-state index in [2.05, 4.69) is 40.4 Å². The lowest BCUT2D eigenvalue weighted by Crippen LogP contribution is -2.30. The number of benzene rings is 1. The summed E-state index contributed by atoms with van der Waals surface area (Å²) in [6.07, 6.45) is 0. The molecule has 0 aliphatic carbocycles. The SMILES string of the molecule is CC(C)COCCNCC(=O)Nc1ccccc1Br. The van der Waals surface area contributed by atoms with Crippen molar-refractivity contribution in [1.82, 2.24) is 5.32 Å². The van der Waals surface area contributed by atoms with Crippen LogP contribution in [0.3, 0.4) is 0 Å². The molecule has 1 amide bonds. The minimum absolute atomic E-state index is 0.0595. The molecule has 106 valence electrons. The quantitative estimate of drug-likeness (QED) is 0.721. The van der Waals surface area contributed by atoms with E-state index in [1.165, 1.54) is 0 Å². The fraction of sp³-hybridized carbons (Fsp3) is 0.500. The molecule has 0 fully saturated rings. The van der Waals surface area contributed by atoms with Gasteiger partial charge >= 0.3 is 0 Å². The van der Waals surface area contributed by atoms with Gasteiger partial charge in [-0.3, -0.25) is 4.79 Å². The van der Waals surface area contributed by atoms with Crippen molar-refractivity contribution in [1.29, 1.82) is 0 Å². The number of carbonyl (C=O) groups excluding carboxylic acids is 1. The fourth-order valence-corrected chi connectivity index (χ4v) is 1.81. The second-order valence-corrected chi connectivity index (χ2v) is 5.53. The van der Waals surface area contributed by atoms with Crippen LogP contribution >= 0.6 is 15.9 Å². The Balaban J connectivity index is 2.13. The van der Waals surface area contributed by atoms with Crippen molar-refractivity contribution in [2.24, 2.45) is 5.92 Å². The molecule has 1 aromatic rings. The average Bonchev–Trinajstić information content (AvgIpc) is 2.36. The van der Waals surface area contributed by atoms with Crippen LogP contribution in [-0.4, -0.2) is 32.2 Å². The topological polar surface area (TPSA) is 50.4 Å². The lowest BCUT2D eigenvalue weighted by molar-refractivity contribution is -0.115. The summed E-state index contributed by atoms with van der Waals surface area (Å²) in [5, 5.41) is 5.88. The number of anilines is 1. The van der Waals surface area contributed by atoms with Gasteiger partial charge in [0.2, 0.25) is 5.91 Å². The monoisotopic (exact) mass is 328 g/mol. The van der Waals surface area contributed by atoms with Crippen LogP contribution in [0.15, 0.2) is 28.7 Å². The first kappa shape index (κ1) is 16.1. The molecular formula is C14H21BrN2O2. The molecule has 0 saturated heterocycles. The zero-order valence-corrected chi connectivity index (χ0v) is 13.0. The maximum absolute atomic E-state index is 11.7. The molecule has 19 heavy (non-hydrogen) atoms. The van der Waals surface area contributed by atoms with Crippen molar-refractivity contribution in [2.45, 2.75) is 13.8 Å². The second kappa shape index (κ2) is 9.07. The Morgan fingerprint density at radius 1 is 1.37 bits per heavy atom. The summed E-state index contributed by atoms with van der Waals surface area (Å²) in [4.78, 5) is 11.7. The Hall–Kier alpha value is -0.910. The third-order valence-corrected chi connectivity index (χ3v) is 3.00. The van der Waals surface area contributed by atoms with Crippen molar-refractivity contribution in [2.75, 3.05) is 31.6 Å². The maximum Gasteiger partial charge on any atom is 0.238 e. The lowest BCUT2D eigenvalue weighted by Gasteiger charge is -2.09. The molecule has 4 nitrogen and oxygen atoms in total. The number of para-hydroxylation sites is 1. The first-order valence-electron chi connectivity index (χ1n) is 6.42. The van der Waals surface area contributed by atoms with Gasteiger partial charge in [0.05, 0.1) is 18.8 Å². The van der Waals surface area contributed by atoms with E-state index < -0.39 is 0 Å². The molecule has 0 unspecified atom stereocenters. The number of rotatable bonds is 8. The zero-order chi connectivity index (χ0) is 14.1. The van der Waals surface area contributed by atoms with E-state index in [-0.39, 0.29) is 12.5 Å². The first-order chi connectivity index (χ1) is 9.09. The van der Waals surface area contributed by atoms with Gasteiger partial charge in [-0.05, 0) is 34.0 Å². The summed E-state index contributed by atoms with van der Waals surface area (Å²) in [7, 11) is 0. The van der Waals surface area contributed by atoms with Crippen LogP contribution in [0, 0.1) is 5.92 Å². The van der Waals surface area contributed by atoms with Crippen molar-refractivity contribution < 1.29 is 9.53 Å². The number of amides is 1. The van der Waals surface area contributed by atoms with Crippen LogP contribution in [0.2, 0.25) is 0 Å². The Labute approximate surface area is 123 Å². The Kier molecular flexibility index (Phi) is 7.70. The maximum atomic E-state index is 11.7. The molecule has 5 heteroatoms. The van der Waals surface area contributed by atoms with E-state index >= 15 is 0 Å². The number of hydrogen-bond acceptors (Lipinski definition) is 3. The van der Waals surface area contributed by atoms with Crippen LogP contribution in [0.5, 0.6) is 0 Å². The lowest BCUT2D eigenvalue weighted by atomic mass is 10.2. The highest BCUT2D eigenvalue weighted by atomic mass is 79.9. The van der Waals surface area contributed by atoms with Gasteiger partial charge in [-0.1, -0.05) is 26.0 Å². The van der Waals surface area contributed by atoms with Crippen molar-refractivity contribution in [3.63, 3.8) is 0 Å². The van der Waals surface area contributed by atoms with Crippen LogP contribution < -0.4 is 10.6 Å². The Bertz CT molecular complexity index is 397. The van der Waals surface area contributed by atoms with Gasteiger partial charge in [0.15, 0.2) is 0 Å². The largest absolute Gasteiger partial charge is 0.380 e. The van der Waals surface area contributed by atoms with Gasteiger partial charge in [0.25, 0.3) is 0 Å². The number of hydrogen-bond donors (Lipinski definition) is 2. The van der Waals surface area contributed by atoms with Crippen LogP contribution in [-0.2, 0) is 9.53 Å². The average molecular weight is 329 g/mol. The summed E-state index contributed by atoms with van der Waals surface area (Å²) >= 11 is 3.39. The van der Waals surface area contributed by atoms with Crippen molar-refractivity contribution >= 4 is 27.5 Å². The van der Waals surface area contributed by atoms with E-state index in [4.69, 9.17) is 4.74 Å². The van der Waals surface area contributed by atoms with E-state index in [0.717, 1.165) is 16.8 Å². The minimum Gasteiger partial charge on any atom is -0.380 e. The molecule has 0 aliphatic heterocycles. The fourth-order valence-electron chi connectivity index (χ4n) is 1.42. The van der Waals surface area contributed by atoms with Gasteiger partial charge in [0.1, 0.15) is 0 Å². The predicted molar refractivity (Wildman–Crippen MR) is 81.3 cm³/mol. The van der Waals surface area contributed by atoms with E-state index in [1.807, 2.05) is 24.3 Å². The highest BCUT2D eigenvalue weighted by molar-refractivity contribution is 9.10. The van der Waals surface area contributed by atoms with Gasteiger partial charge in [0, 0.05) is 17.6 Å². The molecule has 1 aromatic carbocycles. The zero-order valence-electron chi connectivity index (χ0n) is 11.4. The summed E-state index contributed by atoms with van der Waals surface area (Å²) in [6, 6.07) is 7.54.